The first-order chi connectivity index (χ1) is 10.6. The Morgan fingerprint density at radius 2 is 1.91 bits per heavy atom. The minimum absolute atomic E-state index is 0.283. The highest BCUT2D eigenvalue weighted by molar-refractivity contribution is 7.10. The maximum Gasteiger partial charge on any atom is 0.247 e. The van der Waals surface area contributed by atoms with Crippen molar-refractivity contribution in [1.29, 1.82) is 0 Å². The summed E-state index contributed by atoms with van der Waals surface area (Å²) in [5.41, 5.74) is 2.02. The van der Waals surface area contributed by atoms with Crippen molar-refractivity contribution in [3.8, 4) is 11.5 Å². The molecule has 4 nitrogen and oxygen atoms in total. The van der Waals surface area contributed by atoms with Gasteiger partial charge in [-0.1, -0.05) is 0 Å². The van der Waals surface area contributed by atoms with Crippen LogP contribution in [0.4, 0.5) is 4.39 Å². The van der Waals surface area contributed by atoms with Crippen molar-refractivity contribution >= 4 is 11.3 Å². The maximum atomic E-state index is 12.9. The fourth-order valence-corrected chi connectivity index (χ4v) is 3.11. The third kappa shape index (κ3) is 3.40. The lowest BCUT2D eigenvalue weighted by Crippen LogP contribution is -2.17. The van der Waals surface area contributed by atoms with Gasteiger partial charge in [-0.05, 0) is 55.2 Å². The van der Waals surface area contributed by atoms with Crippen LogP contribution < -0.4 is 0 Å². The molecule has 0 saturated heterocycles. The maximum absolute atomic E-state index is 12.9. The normalized spacial score (nSPS) is 11.3. The van der Waals surface area contributed by atoms with Crippen molar-refractivity contribution in [3.63, 3.8) is 0 Å². The van der Waals surface area contributed by atoms with Gasteiger partial charge in [-0.3, -0.25) is 4.90 Å². The largest absolute Gasteiger partial charge is 0.419 e. The van der Waals surface area contributed by atoms with Gasteiger partial charge in [0.25, 0.3) is 0 Å². The molecule has 0 atom stereocenters. The Morgan fingerprint density at radius 1 is 1.14 bits per heavy atom. The van der Waals surface area contributed by atoms with E-state index in [1.807, 2.05) is 7.05 Å². The SMILES string of the molecule is Cc1ccsc1CN(C)Cc1nnc(-c2ccc(F)cc2)o1. The number of aromatic nitrogens is 2. The summed E-state index contributed by atoms with van der Waals surface area (Å²) in [7, 11) is 2.01. The number of rotatable bonds is 5. The van der Waals surface area contributed by atoms with Gasteiger partial charge in [-0.2, -0.15) is 0 Å². The number of halogens is 1. The van der Waals surface area contributed by atoms with E-state index < -0.39 is 0 Å². The van der Waals surface area contributed by atoms with Crippen molar-refractivity contribution in [2.24, 2.45) is 0 Å². The van der Waals surface area contributed by atoms with Crippen molar-refractivity contribution in [2.45, 2.75) is 20.0 Å². The van der Waals surface area contributed by atoms with Gasteiger partial charge in [0.15, 0.2) is 0 Å². The fraction of sp³-hybridized carbons (Fsp3) is 0.250. The van der Waals surface area contributed by atoms with Crippen LogP contribution in [0.25, 0.3) is 11.5 Å². The first-order valence-electron chi connectivity index (χ1n) is 6.91. The van der Waals surface area contributed by atoms with Gasteiger partial charge in [0.05, 0.1) is 6.54 Å². The predicted octanol–water partition coefficient (Wildman–Crippen LogP) is 3.88. The summed E-state index contributed by atoms with van der Waals surface area (Å²) < 4.78 is 18.6. The zero-order chi connectivity index (χ0) is 15.5. The molecular formula is C16H16FN3OS. The van der Waals surface area contributed by atoms with E-state index in [0.717, 1.165) is 12.1 Å². The van der Waals surface area contributed by atoms with E-state index in [1.54, 1.807) is 23.5 Å². The van der Waals surface area contributed by atoms with E-state index >= 15 is 0 Å². The fourth-order valence-electron chi connectivity index (χ4n) is 2.12. The quantitative estimate of drug-likeness (QED) is 0.716. The van der Waals surface area contributed by atoms with E-state index in [1.165, 1.54) is 22.6 Å². The van der Waals surface area contributed by atoms with Gasteiger partial charge >= 0.3 is 0 Å². The van der Waals surface area contributed by atoms with Crippen LogP contribution in [0.3, 0.4) is 0 Å². The molecule has 0 bridgehead atoms. The van der Waals surface area contributed by atoms with Crippen LogP contribution in [-0.4, -0.2) is 22.1 Å². The molecule has 114 valence electrons. The Bertz CT molecular complexity index is 751. The van der Waals surface area contributed by atoms with Crippen LogP contribution in [0.1, 0.15) is 16.3 Å². The summed E-state index contributed by atoms with van der Waals surface area (Å²) in [5, 5.41) is 10.2. The number of hydrogen-bond donors (Lipinski definition) is 0. The molecule has 1 aromatic carbocycles. The molecule has 3 rings (SSSR count). The molecule has 2 heterocycles. The summed E-state index contributed by atoms with van der Waals surface area (Å²) in [6.45, 7) is 3.53. The zero-order valence-electron chi connectivity index (χ0n) is 12.4. The van der Waals surface area contributed by atoms with Gasteiger partial charge in [-0.25, -0.2) is 4.39 Å². The third-order valence-corrected chi connectivity index (χ3v) is 4.35. The Morgan fingerprint density at radius 3 is 2.59 bits per heavy atom. The van der Waals surface area contributed by atoms with Crippen LogP contribution in [0.15, 0.2) is 40.1 Å². The number of aryl methyl sites for hydroxylation is 1. The van der Waals surface area contributed by atoms with Crippen LogP contribution in [0.2, 0.25) is 0 Å². The number of benzene rings is 1. The lowest BCUT2D eigenvalue weighted by atomic mass is 10.2. The third-order valence-electron chi connectivity index (χ3n) is 3.34. The van der Waals surface area contributed by atoms with E-state index in [2.05, 4.69) is 33.5 Å². The molecule has 0 N–H and O–H groups in total. The topological polar surface area (TPSA) is 42.2 Å². The highest BCUT2D eigenvalue weighted by Crippen LogP contribution is 2.20. The Balaban J connectivity index is 1.66. The van der Waals surface area contributed by atoms with Gasteiger partial charge in [-0.15, -0.1) is 21.5 Å². The van der Waals surface area contributed by atoms with E-state index in [4.69, 9.17) is 4.42 Å². The second-order valence-corrected chi connectivity index (χ2v) is 6.21. The van der Waals surface area contributed by atoms with Crippen molar-refractivity contribution in [1.82, 2.24) is 15.1 Å². The number of hydrogen-bond acceptors (Lipinski definition) is 5. The highest BCUT2D eigenvalue weighted by atomic mass is 32.1. The molecule has 0 radical (unpaired) electrons. The zero-order valence-corrected chi connectivity index (χ0v) is 13.2. The molecule has 0 aliphatic carbocycles. The number of thiophene rings is 1. The molecule has 0 aliphatic heterocycles. The first-order valence-corrected chi connectivity index (χ1v) is 7.79. The molecule has 0 amide bonds. The lowest BCUT2D eigenvalue weighted by Gasteiger charge is -2.13. The second-order valence-electron chi connectivity index (χ2n) is 5.21. The minimum atomic E-state index is -0.283. The summed E-state index contributed by atoms with van der Waals surface area (Å²) in [6.07, 6.45) is 0. The monoisotopic (exact) mass is 317 g/mol. The average molecular weight is 317 g/mol. The second kappa shape index (κ2) is 6.37. The predicted molar refractivity (Wildman–Crippen MR) is 83.9 cm³/mol. The summed E-state index contributed by atoms with van der Waals surface area (Å²) in [5.74, 6) is 0.682. The Kier molecular flexibility index (Phi) is 4.31. The summed E-state index contributed by atoms with van der Waals surface area (Å²) in [6, 6.07) is 8.14. The molecule has 3 aromatic rings. The van der Waals surface area contributed by atoms with Gasteiger partial charge in [0.2, 0.25) is 11.8 Å². The van der Waals surface area contributed by atoms with Crippen LogP contribution in [0, 0.1) is 12.7 Å². The molecule has 0 saturated carbocycles. The molecule has 0 aliphatic rings. The molecule has 22 heavy (non-hydrogen) atoms. The molecule has 2 aromatic heterocycles. The first kappa shape index (κ1) is 14.9. The van der Waals surface area contributed by atoms with Crippen molar-refractivity contribution < 1.29 is 8.81 Å². The molecular weight excluding hydrogens is 301 g/mol. The lowest BCUT2D eigenvalue weighted by molar-refractivity contribution is 0.284. The minimum Gasteiger partial charge on any atom is -0.419 e. The molecule has 6 heteroatoms. The van der Waals surface area contributed by atoms with Crippen LogP contribution in [0.5, 0.6) is 0 Å². The molecule has 0 fully saturated rings. The molecule has 0 spiro atoms. The summed E-state index contributed by atoms with van der Waals surface area (Å²) in [4.78, 5) is 3.46. The van der Waals surface area contributed by atoms with Crippen molar-refractivity contribution in [2.75, 3.05) is 7.05 Å². The van der Waals surface area contributed by atoms with E-state index in [0.29, 0.717) is 18.3 Å². The number of nitrogens with zero attached hydrogens (tertiary/aromatic N) is 3. The standard InChI is InChI=1S/C16H16FN3OS/c1-11-7-8-22-14(11)9-20(2)10-15-18-19-16(21-15)12-3-5-13(17)6-4-12/h3-8H,9-10H2,1-2H3. The van der Waals surface area contributed by atoms with Crippen LogP contribution >= 0.6 is 11.3 Å². The Hall–Kier alpha value is -2.05. The molecule has 0 unspecified atom stereocenters. The van der Waals surface area contributed by atoms with Crippen molar-refractivity contribution in [3.05, 3.63) is 57.9 Å². The highest BCUT2D eigenvalue weighted by Gasteiger charge is 2.12. The average Bonchev–Trinajstić information content (AvgIpc) is 3.10. The summed E-state index contributed by atoms with van der Waals surface area (Å²) >= 11 is 1.75. The smallest absolute Gasteiger partial charge is 0.247 e. The Labute approximate surface area is 132 Å². The van der Waals surface area contributed by atoms with Gasteiger partial charge in [0, 0.05) is 17.0 Å². The van der Waals surface area contributed by atoms with E-state index in [9.17, 15) is 4.39 Å². The van der Waals surface area contributed by atoms with Gasteiger partial charge in [0.1, 0.15) is 5.82 Å². The van der Waals surface area contributed by atoms with E-state index in [-0.39, 0.29) is 5.82 Å². The van der Waals surface area contributed by atoms with Gasteiger partial charge < -0.3 is 4.42 Å². The van der Waals surface area contributed by atoms with Crippen LogP contribution in [-0.2, 0) is 13.1 Å².